The van der Waals surface area contributed by atoms with Gasteiger partial charge >= 0.3 is 5.97 Å². The molecule has 1 aliphatic rings. The zero-order valence-corrected chi connectivity index (χ0v) is 11.5. The Balaban J connectivity index is 1.79. The van der Waals surface area contributed by atoms with E-state index in [-0.39, 0.29) is 12.5 Å². The maximum Gasteiger partial charge on any atom is 0.311 e. The number of aliphatic carboxylic acids is 1. The highest BCUT2D eigenvalue weighted by molar-refractivity contribution is 5.81. The van der Waals surface area contributed by atoms with E-state index in [9.17, 15) is 9.59 Å². The fourth-order valence-electron chi connectivity index (χ4n) is 2.13. The van der Waals surface area contributed by atoms with Crippen LogP contribution in [0.2, 0.25) is 0 Å². The van der Waals surface area contributed by atoms with Crippen LogP contribution in [0.25, 0.3) is 0 Å². The van der Waals surface area contributed by atoms with Gasteiger partial charge in [-0.3, -0.25) is 9.59 Å². The van der Waals surface area contributed by atoms with Crippen LogP contribution in [0, 0.1) is 5.41 Å². The number of hydrogen-bond acceptors (Lipinski definition) is 3. The molecule has 1 aromatic carbocycles. The number of ether oxygens (including phenoxy) is 1. The van der Waals surface area contributed by atoms with Gasteiger partial charge < -0.3 is 15.2 Å². The Bertz CT molecular complexity index is 508. The average molecular weight is 277 g/mol. The quantitative estimate of drug-likeness (QED) is 0.794. The number of carbonyl (C=O) groups excluding carboxylic acids is 1. The number of methoxy groups -OCH3 is 1. The van der Waals surface area contributed by atoms with Gasteiger partial charge in [0.05, 0.1) is 12.5 Å². The summed E-state index contributed by atoms with van der Waals surface area (Å²) in [5, 5.41) is 11.7. The zero-order valence-electron chi connectivity index (χ0n) is 11.5. The third kappa shape index (κ3) is 3.29. The number of carbonyl (C=O) groups is 2. The van der Waals surface area contributed by atoms with Crippen molar-refractivity contribution in [1.29, 1.82) is 0 Å². The van der Waals surface area contributed by atoms with Crippen molar-refractivity contribution in [1.82, 2.24) is 5.32 Å². The molecule has 0 radical (unpaired) electrons. The minimum Gasteiger partial charge on any atom is -0.496 e. The Morgan fingerprint density at radius 1 is 1.35 bits per heavy atom. The van der Waals surface area contributed by atoms with Crippen LogP contribution in [-0.4, -0.2) is 30.6 Å². The fraction of sp³-hybridized carbons (Fsp3) is 0.467. The molecule has 1 fully saturated rings. The van der Waals surface area contributed by atoms with Crippen LogP contribution in [0.1, 0.15) is 24.8 Å². The minimum absolute atomic E-state index is 0.122. The van der Waals surface area contributed by atoms with Crippen LogP contribution in [0.5, 0.6) is 5.75 Å². The molecule has 1 saturated carbocycles. The van der Waals surface area contributed by atoms with Gasteiger partial charge in [-0.2, -0.15) is 0 Å². The molecule has 108 valence electrons. The Labute approximate surface area is 117 Å². The second-order valence-corrected chi connectivity index (χ2v) is 5.17. The van der Waals surface area contributed by atoms with Crippen molar-refractivity contribution >= 4 is 11.9 Å². The largest absolute Gasteiger partial charge is 0.496 e. The molecule has 0 aromatic heterocycles. The monoisotopic (exact) mass is 277 g/mol. The second-order valence-electron chi connectivity index (χ2n) is 5.17. The van der Waals surface area contributed by atoms with Gasteiger partial charge in [-0.1, -0.05) is 18.2 Å². The molecule has 0 spiro atoms. The van der Waals surface area contributed by atoms with Gasteiger partial charge in [0.25, 0.3) is 0 Å². The maximum absolute atomic E-state index is 11.8. The summed E-state index contributed by atoms with van der Waals surface area (Å²) in [4.78, 5) is 22.8. The summed E-state index contributed by atoms with van der Waals surface area (Å²) in [6.07, 6.45) is 2.20. The van der Waals surface area contributed by atoms with Crippen molar-refractivity contribution in [2.45, 2.75) is 25.7 Å². The molecule has 0 aliphatic heterocycles. The lowest BCUT2D eigenvalue weighted by Crippen LogP contribution is -2.34. The summed E-state index contributed by atoms with van der Waals surface area (Å²) >= 11 is 0. The van der Waals surface area contributed by atoms with Crippen molar-refractivity contribution < 1.29 is 19.4 Å². The first-order valence-corrected chi connectivity index (χ1v) is 6.69. The van der Waals surface area contributed by atoms with Gasteiger partial charge in [0, 0.05) is 13.0 Å². The van der Waals surface area contributed by atoms with E-state index in [1.807, 2.05) is 24.3 Å². The third-order valence-electron chi connectivity index (χ3n) is 3.75. The molecular weight excluding hydrogens is 258 g/mol. The first-order valence-electron chi connectivity index (χ1n) is 6.69. The van der Waals surface area contributed by atoms with Crippen molar-refractivity contribution in [3.63, 3.8) is 0 Å². The van der Waals surface area contributed by atoms with Crippen molar-refractivity contribution in [2.24, 2.45) is 5.41 Å². The van der Waals surface area contributed by atoms with E-state index in [1.54, 1.807) is 7.11 Å². The lowest BCUT2D eigenvalue weighted by molar-refractivity contribution is -0.143. The van der Waals surface area contributed by atoms with E-state index in [2.05, 4.69) is 5.32 Å². The fourth-order valence-corrected chi connectivity index (χ4v) is 2.13. The second kappa shape index (κ2) is 5.94. The van der Waals surface area contributed by atoms with Crippen LogP contribution in [-0.2, 0) is 16.0 Å². The third-order valence-corrected chi connectivity index (χ3v) is 3.75. The summed E-state index contributed by atoms with van der Waals surface area (Å²) in [7, 11) is 1.60. The molecule has 5 nitrogen and oxygen atoms in total. The minimum atomic E-state index is -0.817. The molecule has 0 saturated heterocycles. The van der Waals surface area contributed by atoms with E-state index in [1.165, 1.54) is 0 Å². The summed E-state index contributed by atoms with van der Waals surface area (Å²) in [5.74, 6) is -0.171. The Kier molecular flexibility index (Phi) is 4.27. The normalized spacial score (nSPS) is 15.4. The molecule has 1 amide bonds. The number of hydrogen-bond donors (Lipinski definition) is 2. The lowest BCUT2D eigenvalue weighted by atomic mass is 10.1. The molecule has 20 heavy (non-hydrogen) atoms. The lowest BCUT2D eigenvalue weighted by Gasteiger charge is -2.12. The molecule has 1 aromatic rings. The first-order chi connectivity index (χ1) is 9.57. The highest BCUT2D eigenvalue weighted by atomic mass is 16.5. The number of nitrogens with one attached hydrogen (secondary N) is 1. The summed E-state index contributed by atoms with van der Waals surface area (Å²) in [5.41, 5.74) is 0.268. The molecule has 0 unspecified atom stereocenters. The van der Waals surface area contributed by atoms with Crippen molar-refractivity contribution in [3.8, 4) is 5.75 Å². The zero-order chi connectivity index (χ0) is 14.6. The predicted octanol–water partition coefficient (Wildman–Crippen LogP) is 1.61. The maximum atomic E-state index is 11.8. The number of carboxylic acids is 1. The Morgan fingerprint density at radius 3 is 2.65 bits per heavy atom. The number of aryl methyl sites for hydroxylation is 1. The van der Waals surface area contributed by atoms with Crippen molar-refractivity contribution in [2.75, 3.05) is 13.7 Å². The standard InChI is InChI=1S/C15H19NO4/c1-20-12-5-3-2-4-11(12)6-7-13(17)16-10-15(8-9-15)14(18)19/h2-5H,6-10H2,1H3,(H,16,17)(H,18,19). The van der Waals surface area contributed by atoms with Crippen LogP contribution in [0.4, 0.5) is 0 Å². The topological polar surface area (TPSA) is 75.6 Å². The number of benzene rings is 1. The number of rotatable bonds is 7. The van der Waals surface area contributed by atoms with Crippen LogP contribution < -0.4 is 10.1 Å². The Hall–Kier alpha value is -2.04. The van der Waals surface area contributed by atoms with E-state index in [0.717, 1.165) is 11.3 Å². The molecule has 1 aliphatic carbocycles. The highest BCUT2D eigenvalue weighted by Gasteiger charge is 2.50. The number of para-hydroxylation sites is 1. The SMILES string of the molecule is COc1ccccc1CCC(=O)NCC1(C(=O)O)CC1. The molecule has 0 heterocycles. The predicted molar refractivity (Wildman–Crippen MR) is 73.6 cm³/mol. The van der Waals surface area contributed by atoms with E-state index in [0.29, 0.717) is 25.7 Å². The molecule has 0 bridgehead atoms. The van der Waals surface area contributed by atoms with E-state index >= 15 is 0 Å². The molecule has 5 heteroatoms. The van der Waals surface area contributed by atoms with Gasteiger partial charge in [0.15, 0.2) is 0 Å². The van der Waals surface area contributed by atoms with Crippen LogP contribution in [0.3, 0.4) is 0 Å². The van der Waals surface area contributed by atoms with Gasteiger partial charge in [0.1, 0.15) is 5.75 Å². The Morgan fingerprint density at radius 2 is 2.05 bits per heavy atom. The van der Waals surface area contributed by atoms with E-state index < -0.39 is 11.4 Å². The number of amides is 1. The average Bonchev–Trinajstić information content (AvgIpc) is 3.24. The first kappa shape index (κ1) is 14.4. The summed E-state index contributed by atoms with van der Waals surface area (Å²) in [6, 6.07) is 7.56. The van der Waals surface area contributed by atoms with Crippen LogP contribution >= 0.6 is 0 Å². The van der Waals surface area contributed by atoms with Gasteiger partial charge in [0.2, 0.25) is 5.91 Å². The molecular formula is C15H19NO4. The van der Waals surface area contributed by atoms with Gasteiger partial charge in [-0.15, -0.1) is 0 Å². The summed E-state index contributed by atoms with van der Waals surface area (Å²) in [6.45, 7) is 0.229. The summed E-state index contributed by atoms with van der Waals surface area (Å²) < 4.78 is 5.22. The molecule has 2 N–H and O–H groups in total. The van der Waals surface area contributed by atoms with Gasteiger partial charge in [-0.25, -0.2) is 0 Å². The molecule has 0 atom stereocenters. The highest BCUT2D eigenvalue weighted by Crippen LogP contribution is 2.45. The smallest absolute Gasteiger partial charge is 0.311 e. The molecule has 2 rings (SSSR count). The van der Waals surface area contributed by atoms with Crippen molar-refractivity contribution in [3.05, 3.63) is 29.8 Å². The van der Waals surface area contributed by atoms with E-state index in [4.69, 9.17) is 9.84 Å². The number of carboxylic acid groups (broad SMARTS) is 1. The van der Waals surface area contributed by atoms with Crippen LogP contribution in [0.15, 0.2) is 24.3 Å². The van der Waals surface area contributed by atoms with Gasteiger partial charge in [-0.05, 0) is 30.9 Å².